The maximum atomic E-state index is 14.7. The second-order valence-electron chi connectivity index (χ2n) is 6.30. The van der Waals surface area contributed by atoms with Crippen molar-refractivity contribution in [2.45, 2.75) is 0 Å². The fourth-order valence-corrected chi connectivity index (χ4v) is 6.04. The maximum absolute atomic E-state index is 14.7. The maximum Gasteiger partial charge on any atom is 0.448 e. The Hall–Kier alpha value is -3.10. The van der Waals surface area contributed by atoms with E-state index in [4.69, 9.17) is 0 Å². The van der Waals surface area contributed by atoms with Crippen molar-refractivity contribution in [2.24, 2.45) is 0 Å². The van der Waals surface area contributed by atoms with Gasteiger partial charge >= 0.3 is 7.84 Å². The number of aromatic nitrogens is 2. The predicted molar refractivity (Wildman–Crippen MR) is 103 cm³/mol. The molecule has 0 aliphatic heterocycles. The van der Waals surface area contributed by atoms with Gasteiger partial charge in [-0.3, -0.25) is 0 Å². The molecule has 1 unspecified atom stereocenters. The van der Waals surface area contributed by atoms with Crippen molar-refractivity contribution in [1.82, 2.24) is 0 Å². The average molecular weight is 376 g/mol. The summed E-state index contributed by atoms with van der Waals surface area (Å²) >= 11 is 0. The van der Waals surface area contributed by atoms with Gasteiger partial charge < -0.3 is 0 Å². The van der Waals surface area contributed by atoms with Crippen LogP contribution in [0.2, 0.25) is 0 Å². The molecule has 5 heteroatoms. The number of pyridine rings is 2. The summed E-state index contributed by atoms with van der Waals surface area (Å²) in [5.41, 5.74) is 2.83. The number of hydrogen-bond acceptors (Lipinski definition) is 0. The summed E-state index contributed by atoms with van der Waals surface area (Å²) in [6, 6.07) is 24.1. The molecule has 0 saturated carbocycles. The second-order valence-corrected chi connectivity index (χ2v) is 8.22. The molecule has 1 atom stereocenters. The molecule has 0 radical (unpaired) electrons. The van der Waals surface area contributed by atoms with Crippen LogP contribution in [0.15, 0.2) is 91.3 Å². The minimum atomic E-state index is -1.20. The molecule has 5 aromatic rings. The summed E-state index contributed by atoms with van der Waals surface area (Å²) in [6.07, 6.45) is 3.92. The normalized spacial score (nSPS) is 12.0. The molecule has 0 fully saturated rings. The molecule has 0 saturated heterocycles. The van der Waals surface area contributed by atoms with Crippen molar-refractivity contribution in [3.05, 3.63) is 103 Å². The Labute approximate surface area is 155 Å². The molecule has 0 N–H and O–H groups in total. The van der Waals surface area contributed by atoms with Gasteiger partial charge in [0.25, 0.3) is 0 Å². The zero-order valence-corrected chi connectivity index (χ0v) is 15.2. The fraction of sp³-hybridized carbons (Fsp3) is 0. The molecule has 3 aromatic heterocycles. The van der Waals surface area contributed by atoms with Gasteiger partial charge in [0.2, 0.25) is 11.2 Å². The Morgan fingerprint density at radius 2 is 1.48 bits per heavy atom. The van der Waals surface area contributed by atoms with Gasteiger partial charge in [-0.05, 0) is 30.3 Å². The number of nitrogens with zero attached hydrogens (tertiary/aromatic N) is 2. The average Bonchev–Trinajstić information content (AvgIpc) is 3.02. The molecular formula is C22H15F2N2P+2. The van der Waals surface area contributed by atoms with Gasteiger partial charge in [0, 0.05) is 35.9 Å². The smallest absolute Gasteiger partial charge is 0.207 e. The fourth-order valence-electron chi connectivity index (χ4n) is 3.54. The van der Waals surface area contributed by atoms with Crippen LogP contribution in [0, 0.1) is 11.6 Å². The number of halogens is 2. The van der Waals surface area contributed by atoms with E-state index in [2.05, 4.69) is 8.50 Å². The number of fused-ring (bicyclic) bond motifs is 3. The van der Waals surface area contributed by atoms with Crippen molar-refractivity contribution in [2.75, 3.05) is 0 Å². The Morgan fingerprint density at radius 1 is 0.741 bits per heavy atom. The van der Waals surface area contributed by atoms with Crippen molar-refractivity contribution in [3.63, 3.8) is 0 Å². The molecule has 0 aliphatic carbocycles. The van der Waals surface area contributed by atoms with Crippen LogP contribution in [0.4, 0.5) is 8.78 Å². The van der Waals surface area contributed by atoms with Crippen LogP contribution in [0.5, 0.6) is 0 Å². The van der Waals surface area contributed by atoms with E-state index in [1.807, 2.05) is 79.1 Å². The molecule has 130 valence electrons. The first-order chi connectivity index (χ1) is 13.2. The van der Waals surface area contributed by atoms with Gasteiger partial charge in [-0.15, -0.1) is 8.50 Å². The summed E-state index contributed by atoms with van der Waals surface area (Å²) in [7, 11) is -1.20. The summed E-state index contributed by atoms with van der Waals surface area (Å²) in [5.74, 6) is -1.07. The Balaban J connectivity index is 1.95. The highest BCUT2D eigenvalue weighted by Crippen LogP contribution is 2.36. The van der Waals surface area contributed by atoms with Crippen molar-refractivity contribution < 1.29 is 17.3 Å². The van der Waals surface area contributed by atoms with Crippen LogP contribution in [0.3, 0.4) is 0 Å². The minimum Gasteiger partial charge on any atom is -0.207 e. The predicted octanol–water partition coefficient (Wildman–Crippen LogP) is 5.11. The lowest BCUT2D eigenvalue weighted by atomic mass is 10.1. The molecule has 27 heavy (non-hydrogen) atoms. The third-order valence-electron chi connectivity index (χ3n) is 4.66. The third kappa shape index (κ3) is 2.53. The largest absolute Gasteiger partial charge is 0.448 e. The van der Waals surface area contributed by atoms with E-state index in [0.717, 1.165) is 22.8 Å². The quantitative estimate of drug-likeness (QED) is 0.405. The van der Waals surface area contributed by atoms with Crippen LogP contribution in [-0.4, -0.2) is 0 Å². The van der Waals surface area contributed by atoms with Crippen molar-refractivity contribution >= 4 is 23.9 Å². The van der Waals surface area contributed by atoms with Crippen LogP contribution < -0.4 is 8.50 Å². The van der Waals surface area contributed by atoms with Gasteiger partial charge in [0.15, 0.2) is 12.4 Å². The zero-order chi connectivity index (χ0) is 18.4. The molecule has 0 spiro atoms. The van der Waals surface area contributed by atoms with Crippen molar-refractivity contribution in [1.29, 1.82) is 0 Å². The topological polar surface area (TPSA) is 7.98 Å². The van der Waals surface area contributed by atoms with E-state index in [1.165, 1.54) is 6.07 Å². The van der Waals surface area contributed by atoms with Crippen LogP contribution in [-0.2, 0) is 0 Å². The van der Waals surface area contributed by atoms with Gasteiger partial charge in [-0.25, -0.2) is 8.78 Å². The van der Waals surface area contributed by atoms with Crippen LogP contribution in [0.1, 0.15) is 0 Å². The molecular weight excluding hydrogens is 361 g/mol. The molecule has 3 heterocycles. The van der Waals surface area contributed by atoms with E-state index in [1.54, 1.807) is 0 Å². The highest BCUT2D eigenvalue weighted by Gasteiger charge is 2.33. The van der Waals surface area contributed by atoms with Crippen LogP contribution >= 0.6 is 7.84 Å². The highest BCUT2D eigenvalue weighted by atomic mass is 31.1. The lowest BCUT2D eigenvalue weighted by Crippen LogP contribution is -2.34. The first-order valence-electron chi connectivity index (χ1n) is 8.61. The van der Waals surface area contributed by atoms with Crippen LogP contribution in [0.25, 0.3) is 27.3 Å². The van der Waals surface area contributed by atoms with E-state index < -0.39 is 19.5 Å². The first kappa shape index (κ1) is 16.1. The SMILES string of the molecule is Fc1cc(F)c2c3cccc[n+]3p(-[n+]3ccccc3-c3ccccc3)c2c1. The van der Waals surface area contributed by atoms with Gasteiger partial charge in [-0.1, -0.05) is 18.2 Å². The third-order valence-corrected chi connectivity index (χ3v) is 6.96. The monoisotopic (exact) mass is 376 g/mol. The Bertz CT molecular complexity index is 1300. The summed E-state index contributed by atoms with van der Waals surface area (Å²) < 4.78 is 33.0. The lowest BCUT2D eigenvalue weighted by molar-refractivity contribution is -0.562. The molecule has 5 rings (SSSR count). The van der Waals surface area contributed by atoms with Gasteiger partial charge in [-0.2, -0.15) is 0 Å². The summed E-state index contributed by atoms with van der Waals surface area (Å²) in [6.45, 7) is 0. The first-order valence-corrected chi connectivity index (χ1v) is 9.86. The molecule has 0 aliphatic rings. The van der Waals surface area contributed by atoms with E-state index in [9.17, 15) is 8.78 Å². The van der Waals surface area contributed by atoms with Crippen molar-refractivity contribution in [3.8, 4) is 11.3 Å². The standard InChI is InChI=1S/C22H15F2N2P/c23-17-14-18(24)22-20-11-5-7-13-26(20)27(21(22)15-17)25-12-6-4-10-19(25)16-8-2-1-3-9-16/h1-15H/q+2. The number of hydrogen-bond donors (Lipinski definition) is 0. The minimum absolute atomic E-state index is 0.485. The Morgan fingerprint density at radius 3 is 2.33 bits per heavy atom. The van der Waals surface area contributed by atoms with E-state index in [-0.39, 0.29) is 0 Å². The second kappa shape index (κ2) is 6.26. The zero-order valence-electron chi connectivity index (χ0n) is 14.3. The highest BCUT2D eigenvalue weighted by molar-refractivity contribution is 7.42. The van der Waals surface area contributed by atoms with E-state index in [0.29, 0.717) is 10.5 Å². The summed E-state index contributed by atoms with van der Waals surface area (Å²) in [4.78, 5) is 0. The molecule has 0 amide bonds. The lowest BCUT2D eigenvalue weighted by Gasteiger charge is -2.00. The van der Waals surface area contributed by atoms with Gasteiger partial charge in [0.05, 0.1) is 0 Å². The molecule has 2 nitrogen and oxygen atoms in total. The van der Waals surface area contributed by atoms with Gasteiger partial charge in [0.1, 0.15) is 22.1 Å². The molecule has 0 bridgehead atoms. The molecule has 2 aromatic carbocycles. The number of rotatable bonds is 2. The Kier molecular flexibility index (Phi) is 3.73. The number of benzene rings is 2. The summed E-state index contributed by atoms with van der Waals surface area (Å²) in [5, 5.41) is 1.17. The van der Waals surface area contributed by atoms with E-state index >= 15 is 0 Å².